The van der Waals surface area contributed by atoms with Gasteiger partial charge in [-0.1, -0.05) is 0 Å². The molecule has 0 bridgehead atoms. The number of nitrogens with one attached hydrogen (secondary N) is 1. The molecule has 1 aromatic rings. The molecule has 1 heterocycles. The number of amides is 1. The monoisotopic (exact) mass is 187 g/mol. The second kappa shape index (κ2) is 3.36. The Morgan fingerprint density at radius 1 is 1.75 bits per heavy atom. The van der Waals surface area contributed by atoms with Gasteiger partial charge in [0.25, 0.3) is 0 Å². The SMILES string of the molecule is Cc1nc(Cl)ncc1NC(=O)O. The Morgan fingerprint density at radius 2 is 2.42 bits per heavy atom. The number of aromatic nitrogens is 2. The molecule has 0 unspecified atom stereocenters. The van der Waals surface area contributed by atoms with Crippen molar-refractivity contribution < 1.29 is 9.90 Å². The molecule has 1 rings (SSSR count). The average molecular weight is 188 g/mol. The van der Waals surface area contributed by atoms with E-state index in [1.807, 2.05) is 0 Å². The summed E-state index contributed by atoms with van der Waals surface area (Å²) in [6.07, 6.45) is 0.169. The molecule has 0 aliphatic rings. The van der Waals surface area contributed by atoms with Crippen molar-refractivity contribution in [2.45, 2.75) is 6.92 Å². The highest BCUT2D eigenvalue weighted by Crippen LogP contribution is 2.12. The Balaban J connectivity index is 2.93. The minimum absolute atomic E-state index is 0.100. The average Bonchev–Trinajstić information content (AvgIpc) is 1.94. The van der Waals surface area contributed by atoms with Gasteiger partial charge >= 0.3 is 6.09 Å². The number of aryl methyl sites for hydroxylation is 1. The van der Waals surface area contributed by atoms with Crippen LogP contribution in [-0.4, -0.2) is 21.2 Å². The second-order valence-corrected chi connectivity index (χ2v) is 2.41. The number of rotatable bonds is 1. The van der Waals surface area contributed by atoms with E-state index in [4.69, 9.17) is 16.7 Å². The molecule has 0 spiro atoms. The number of carboxylic acid groups (broad SMARTS) is 1. The quantitative estimate of drug-likeness (QED) is 0.654. The summed E-state index contributed by atoms with van der Waals surface area (Å²) in [5, 5.41) is 10.6. The maximum atomic E-state index is 10.2. The van der Waals surface area contributed by atoms with E-state index in [0.29, 0.717) is 11.4 Å². The number of nitrogens with zero attached hydrogens (tertiary/aromatic N) is 2. The van der Waals surface area contributed by atoms with Crippen molar-refractivity contribution in [3.63, 3.8) is 0 Å². The Kier molecular flexibility index (Phi) is 2.44. The molecule has 12 heavy (non-hydrogen) atoms. The standard InChI is InChI=1S/C6H6ClN3O2/c1-3-4(10-6(11)12)2-8-5(7)9-3/h2,10H,1H3,(H,11,12). The minimum Gasteiger partial charge on any atom is -0.465 e. The third-order valence-corrected chi connectivity index (χ3v) is 1.37. The molecule has 5 nitrogen and oxygen atoms in total. The topological polar surface area (TPSA) is 75.1 Å². The summed E-state index contributed by atoms with van der Waals surface area (Å²) >= 11 is 5.46. The summed E-state index contributed by atoms with van der Waals surface area (Å²) in [5.74, 6) is 0. The molecule has 0 fully saturated rings. The highest BCUT2D eigenvalue weighted by molar-refractivity contribution is 6.28. The summed E-state index contributed by atoms with van der Waals surface area (Å²) in [6.45, 7) is 1.64. The van der Waals surface area contributed by atoms with E-state index in [1.165, 1.54) is 6.20 Å². The van der Waals surface area contributed by atoms with E-state index >= 15 is 0 Å². The summed E-state index contributed by atoms with van der Waals surface area (Å²) < 4.78 is 0. The van der Waals surface area contributed by atoms with E-state index in [-0.39, 0.29) is 5.28 Å². The maximum absolute atomic E-state index is 10.2. The molecule has 6 heteroatoms. The first-order chi connectivity index (χ1) is 5.59. The lowest BCUT2D eigenvalue weighted by molar-refractivity contribution is 0.209. The van der Waals surface area contributed by atoms with Crippen LogP contribution in [0, 0.1) is 6.92 Å². The molecular formula is C6H6ClN3O2. The van der Waals surface area contributed by atoms with E-state index in [2.05, 4.69) is 15.3 Å². The van der Waals surface area contributed by atoms with Crippen molar-refractivity contribution in [1.82, 2.24) is 9.97 Å². The second-order valence-electron chi connectivity index (χ2n) is 2.07. The lowest BCUT2D eigenvalue weighted by atomic mass is 10.4. The molecule has 0 aliphatic heterocycles. The van der Waals surface area contributed by atoms with Gasteiger partial charge in [0.15, 0.2) is 0 Å². The van der Waals surface area contributed by atoms with Gasteiger partial charge in [-0.25, -0.2) is 14.8 Å². The lowest BCUT2D eigenvalue weighted by Gasteiger charge is -2.02. The van der Waals surface area contributed by atoms with Crippen LogP contribution in [0.2, 0.25) is 5.28 Å². The van der Waals surface area contributed by atoms with Gasteiger partial charge in [0, 0.05) is 0 Å². The molecule has 2 N–H and O–H groups in total. The number of hydrogen-bond acceptors (Lipinski definition) is 3. The fraction of sp³-hybridized carbons (Fsp3) is 0.167. The zero-order valence-corrected chi connectivity index (χ0v) is 6.96. The van der Waals surface area contributed by atoms with Crippen LogP contribution < -0.4 is 5.32 Å². The van der Waals surface area contributed by atoms with Gasteiger partial charge in [-0.3, -0.25) is 5.32 Å². The largest absolute Gasteiger partial charge is 0.465 e. The normalized spacial score (nSPS) is 9.50. The van der Waals surface area contributed by atoms with E-state index in [9.17, 15) is 4.79 Å². The third kappa shape index (κ3) is 2.06. The highest BCUT2D eigenvalue weighted by Gasteiger charge is 2.03. The number of carbonyl (C=O) groups is 1. The molecule has 0 saturated heterocycles. The predicted molar refractivity (Wildman–Crippen MR) is 43.4 cm³/mol. The van der Waals surface area contributed by atoms with Crippen LogP contribution >= 0.6 is 11.6 Å². The lowest BCUT2D eigenvalue weighted by Crippen LogP contribution is -2.09. The van der Waals surface area contributed by atoms with E-state index in [0.717, 1.165) is 0 Å². The van der Waals surface area contributed by atoms with Gasteiger partial charge in [0.2, 0.25) is 5.28 Å². The van der Waals surface area contributed by atoms with Gasteiger partial charge in [-0.05, 0) is 18.5 Å². The van der Waals surface area contributed by atoms with Crippen molar-refractivity contribution in [2.75, 3.05) is 5.32 Å². The first kappa shape index (κ1) is 8.73. The first-order valence-corrected chi connectivity index (χ1v) is 3.46. The minimum atomic E-state index is -1.15. The summed E-state index contributed by atoms with van der Waals surface area (Å²) in [6, 6.07) is 0. The number of hydrogen-bond donors (Lipinski definition) is 2. The Morgan fingerprint density at radius 3 is 2.92 bits per heavy atom. The van der Waals surface area contributed by atoms with Crippen molar-refractivity contribution in [3.8, 4) is 0 Å². The van der Waals surface area contributed by atoms with Crippen LogP contribution in [0.4, 0.5) is 10.5 Å². The van der Waals surface area contributed by atoms with Crippen molar-refractivity contribution in [3.05, 3.63) is 17.2 Å². The van der Waals surface area contributed by atoms with Crippen molar-refractivity contribution >= 4 is 23.4 Å². The van der Waals surface area contributed by atoms with Crippen LogP contribution in [0.3, 0.4) is 0 Å². The van der Waals surface area contributed by atoms with Crippen LogP contribution in [0.1, 0.15) is 5.69 Å². The summed E-state index contributed by atoms with van der Waals surface area (Å²) in [5.41, 5.74) is 0.837. The van der Waals surface area contributed by atoms with Gasteiger partial charge in [0.1, 0.15) is 0 Å². The molecule has 0 radical (unpaired) electrons. The first-order valence-electron chi connectivity index (χ1n) is 3.08. The molecule has 0 aliphatic carbocycles. The third-order valence-electron chi connectivity index (χ3n) is 1.19. The summed E-state index contributed by atoms with van der Waals surface area (Å²) in [4.78, 5) is 17.6. The molecule has 0 saturated carbocycles. The van der Waals surface area contributed by atoms with Gasteiger partial charge < -0.3 is 5.11 Å². The van der Waals surface area contributed by atoms with Gasteiger partial charge in [-0.2, -0.15) is 0 Å². The summed E-state index contributed by atoms with van der Waals surface area (Å²) in [7, 11) is 0. The van der Waals surface area contributed by atoms with Crippen LogP contribution in [-0.2, 0) is 0 Å². The van der Waals surface area contributed by atoms with Gasteiger partial charge in [-0.15, -0.1) is 0 Å². The predicted octanol–water partition coefficient (Wildman–Crippen LogP) is 1.53. The van der Waals surface area contributed by atoms with E-state index < -0.39 is 6.09 Å². The Hall–Kier alpha value is -1.36. The smallest absolute Gasteiger partial charge is 0.409 e. The zero-order valence-electron chi connectivity index (χ0n) is 6.21. The maximum Gasteiger partial charge on any atom is 0.409 e. The van der Waals surface area contributed by atoms with Crippen molar-refractivity contribution in [2.24, 2.45) is 0 Å². The number of halogens is 1. The molecule has 0 aromatic carbocycles. The molecular weight excluding hydrogens is 182 g/mol. The molecule has 1 aromatic heterocycles. The van der Waals surface area contributed by atoms with Crippen LogP contribution in [0.25, 0.3) is 0 Å². The van der Waals surface area contributed by atoms with E-state index in [1.54, 1.807) is 6.92 Å². The van der Waals surface area contributed by atoms with Gasteiger partial charge in [0.05, 0.1) is 17.6 Å². The zero-order chi connectivity index (χ0) is 9.14. The highest BCUT2D eigenvalue weighted by atomic mass is 35.5. The Labute approximate surface area is 73.4 Å². The fourth-order valence-corrected chi connectivity index (χ4v) is 0.852. The molecule has 0 atom stereocenters. The fourth-order valence-electron chi connectivity index (χ4n) is 0.677. The van der Waals surface area contributed by atoms with Crippen LogP contribution in [0.15, 0.2) is 6.20 Å². The number of anilines is 1. The molecule has 1 amide bonds. The van der Waals surface area contributed by atoms with Crippen molar-refractivity contribution in [1.29, 1.82) is 0 Å². The Bertz CT molecular complexity index is 316. The van der Waals surface area contributed by atoms with Crippen LogP contribution in [0.5, 0.6) is 0 Å². The molecule has 64 valence electrons.